The molecular formula is C21H23N6O7PS. The number of fused-ring (bicyclic) bond motifs is 1. The average Bonchev–Trinajstić information content (AvgIpc) is 3.39. The first-order chi connectivity index (χ1) is 17.1. The number of nitrogen functional groups attached to an aromatic ring is 1. The van der Waals surface area contributed by atoms with Crippen molar-refractivity contribution < 1.29 is 33.9 Å². The summed E-state index contributed by atoms with van der Waals surface area (Å²) < 4.78 is 18.8. The predicted molar refractivity (Wildman–Crippen MR) is 129 cm³/mol. The van der Waals surface area contributed by atoms with Crippen molar-refractivity contribution in [3.63, 3.8) is 0 Å². The zero-order chi connectivity index (χ0) is 26.1. The third-order valence-corrected chi connectivity index (χ3v) is 8.06. The quantitative estimate of drug-likeness (QED) is 0.241. The molecule has 190 valence electrons. The molecule has 15 heteroatoms. The summed E-state index contributed by atoms with van der Waals surface area (Å²) in [4.78, 5) is 15.3. The summed E-state index contributed by atoms with van der Waals surface area (Å²) >= 11 is 5.51. The molecule has 3 aromatic rings. The molecule has 1 fully saturated rings. The second kappa shape index (κ2) is 10.1. The molecular weight excluding hydrogens is 511 g/mol. The van der Waals surface area contributed by atoms with Crippen LogP contribution in [0.3, 0.4) is 0 Å². The van der Waals surface area contributed by atoms with E-state index in [1.807, 2.05) is 6.07 Å². The van der Waals surface area contributed by atoms with Gasteiger partial charge < -0.3 is 34.8 Å². The number of ether oxygens (including phenoxy) is 1. The molecule has 4 rings (SSSR count). The second-order valence-corrected chi connectivity index (χ2v) is 11.2. The van der Waals surface area contributed by atoms with Crippen LogP contribution in [0, 0.1) is 11.3 Å². The molecule has 0 spiro atoms. The molecule has 36 heavy (non-hydrogen) atoms. The zero-order valence-electron chi connectivity index (χ0n) is 18.8. The van der Waals surface area contributed by atoms with E-state index >= 15 is 0 Å². The Morgan fingerprint density at radius 2 is 2.11 bits per heavy atom. The number of nitrogens with two attached hydrogens (primary N) is 1. The van der Waals surface area contributed by atoms with E-state index in [1.165, 1.54) is 17.8 Å². The van der Waals surface area contributed by atoms with Gasteiger partial charge in [-0.3, -0.25) is 4.79 Å². The van der Waals surface area contributed by atoms with Gasteiger partial charge in [0.05, 0.1) is 5.69 Å². The Hall–Kier alpha value is -3.15. The third kappa shape index (κ3) is 4.91. The van der Waals surface area contributed by atoms with Crippen LogP contribution < -0.4 is 15.3 Å². The predicted octanol–water partition coefficient (Wildman–Crippen LogP) is 0.750. The standard InChI is InChI=1S/C21H23N6O7PS/c1-12(20(30)31)26-35(36,34-13-5-3-2-4-6-13)32-10-21(9-22)18(29)16(28)17(33-21)14-7-8-15-19(23)24-11-25-27(14)15/h2-8,11-12,16-18,28-29H,10H2,1H3,(H,26,36)(H,30,31)(H2,23,24,25)/t12?,16-,17-,18-,21+,35?/m0/s1. The Labute approximate surface area is 210 Å². The number of nitrogens with zero attached hydrogens (tertiary/aromatic N) is 4. The van der Waals surface area contributed by atoms with E-state index in [9.17, 15) is 25.4 Å². The molecule has 3 heterocycles. The van der Waals surface area contributed by atoms with Gasteiger partial charge in [-0.1, -0.05) is 18.2 Å². The first-order valence-electron chi connectivity index (χ1n) is 10.6. The lowest BCUT2D eigenvalue weighted by atomic mass is 9.96. The molecule has 1 aromatic carbocycles. The van der Waals surface area contributed by atoms with Crippen molar-refractivity contribution in [1.82, 2.24) is 19.7 Å². The van der Waals surface area contributed by atoms with Gasteiger partial charge in [0.15, 0.2) is 5.82 Å². The highest BCUT2D eigenvalue weighted by molar-refractivity contribution is 8.09. The molecule has 0 amide bonds. The Bertz CT molecular complexity index is 1350. The van der Waals surface area contributed by atoms with Crippen LogP contribution in [0.1, 0.15) is 18.7 Å². The molecule has 6 atom stereocenters. The highest BCUT2D eigenvalue weighted by atomic mass is 32.5. The molecule has 0 bridgehead atoms. The number of aliphatic carboxylic acids is 1. The molecule has 2 aromatic heterocycles. The topological polar surface area (TPSA) is 197 Å². The molecule has 1 saturated heterocycles. The normalized spacial score (nSPS) is 26.2. The summed E-state index contributed by atoms with van der Waals surface area (Å²) in [5, 5.41) is 47.7. The summed E-state index contributed by atoms with van der Waals surface area (Å²) in [5.41, 5.74) is 4.56. The fourth-order valence-electron chi connectivity index (χ4n) is 3.66. The maximum absolute atomic E-state index is 11.4. The number of nitriles is 1. The summed E-state index contributed by atoms with van der Waals surface area (Å²) in [6, 6.07) is 12.2. The van der Waals surface area contributed by atoms with E-state index in [2.05, 4.69) is 15.2 Å². The van der Waals surface area contributed by atoms with Crippen molar-refractivity contribution in [3.8, 4) is 11.8 Å². The van der Waals surface area contributed by atoms with Crippen molar-refractivity contribution in [1.29, 1.82) is 5.26 Å². The number of aliphatic hydroxyl groups excluding tert-OH is 2. The van der Waals surface area contributed by atoms with Gasteiger partial charge in [0, 0.05) is 0 Å². The summed E-state index contributed by atoms with van der Waals surface area (Å²) in [6.07, 6.45) is -3.22. The number of carboxylic acids is 1. The number of aromatic nitrogens is 3. The maximum Gasteiger partial charge on any atom is 0.320 e. The van der Waals surface area contributed by atoms with Gasteiger partial charge in [-0.2, -0.15) is 10.4 Å². The van der Waals surface area contributed by atoms with Gasteiger partial charge >= 0.3 is 12.6 Å². The minimum absolute atomic E-state index is 0.191. The fourth-order valence-corrected chi connectivity index (χ4v) is 6.08. The van der Waals surface area contributed by atoms with Crippen molar-refractivity contribution in [2.45, 2.75) is 36.9 Å². The van der Waals surface area contributed by atoms with Gasteiger partial charge in [0.2, 0.25) is 5.60 Å². The van der Waals surface area contributed by atoms with Crippen LogP contribution in [0.25, 0.3) is 5.52 Å². The van der Waals surface area contributed by atoms with Crippen LogP contribution in [0.15, 0.2) is 48.8 Å². The van der Waals surface area contributed by atoms with Crippen molar-refractivity contribution in [2.75, 3.05) is 12.3 Å². The monoisotopic (exact) mass is 534 g/mol. The number of benzene rings is 1. The van der Waals surface area contributed by atoms with Crippen LogP contribution in [-0.4, -0.2) is 66.3 Å². The highest BCUT2D eigenvalue weighted by Crippen LogP contribution is 2.48. The van der Waals surface area contributed by atoms with Crippen molar-refractivity contribution >= 4 is 35.8 Å². The van der Waals surface area contributed by atoms with Crippen LogP contribution in [-0.2, 0) is 25.9 Å². The van der Waals surface area contributed by atoms with E-state index in [0.717, 1.165) is 0 Å². The first-order valence-corrected chi connectivity index (χ1v) is 13.3. The lowest BCUT2D eigenvalue weighted by Crippen LogP contribution is -2.46. The molecule has 6 N–H and O–H groups in total. The number of aliphatic hydroxyl groups is 2. The Morgan fingerprint density at radius 3 is 2.78 bits per heavy atom. The number of hydrogen-bond donors (Lipinski definition) is 5. The number of rotatable bonds is 9. The van der Waals surface area contributed by atoms with E-state index in [4.69, 9.17) is 31.3 Å². The van der Waals surface area contributed by atoms with Gasteiger partial charge in [0.25, 0.3) is 0 Å². The molecule has 1 aliphatic heterocycles. The summed E-state index contributed by atoms with van der Waals surface area (Å²) in [5.74, 6) is -0.704. The zero-order valence-corrected chi connectivity index (χ0v) is 20.5. The molecule has 2 unspecified atom stereocenters. The Morgan fingerprint density at radius 1 is 1.39 bits per heavy atom. The fraction of sp³-hybridized carbons (Fsp3) is 0.333. The molecule has 13 nitrogen and oxygen atoms in total. The highest BCUT2D eigenvalue weighted by Gasteiger charge is 2.57. The Balaban J connectivity index is 1.61. The molecule has 1 aliphatic rings. The average molecular weight is 534 g/mol. The van der Waals surface area contributed by atoms with Crippen molar-refractivity contribution in [3.05, 3.63) is 54.5 Å². The van der Waals surface area contributed by atoms with Crippen molar-refractivity contribution in [2.24, 2.45) is 0 Å². The number of carboxylic acid groups (broad SMARTS) is 1. The molecule has 0 aliphatic carbocycles. The van der Waals surface area contributed by atoms with Crippen LogP contribution in [0.2, 0.25) is 0 Å². The maximum atomic E-state index is 11.4. The van der Waals surface area contributed by atoms with Crippen LogP contribution in [0.4, 0.5) is 5.82 Å². The Kier molecular flexibility index (Phi) is 7.26. The number of para-hydroxylation sites is 1. The number of anilines is 1. The van der Waals surface area contributed by atoms with E-state index in [1.54, 1.807) is 42.5 Å². The third-order valence-electron chi connectivity index (χ3n) is 5.58. The lowest BCUT2D eigenvalue weighted by molar-refractivity contribution is -0.138. The van der Waals surface area contributed by atoms with Gasteiger partial charge in [0.1, 0.15) is 54.6 Å². The second-order valence-electron chi connectivity index (χ2n) is 8.04. The van der Waals surface area contributed by atoms with Gasteiger partial charge in [-0.05, 0) is 43.0 Å². The van der Waals surface area contributed by atoms with E-state index in [0.29, 0.717) is 17.0 Å². The van der Waals surface area contributed by atoms with E-state index < -0.39 is 49.2 Å². The largest absolute Gasteiger partial charge is 0.480 e. The lowest BCUT2D eigenvalue weighted by Gasteiger charge is -2.30. The van der Waals surface area contributed by atoms with Crippen LogP contribution in [0.5, 0.6) is 5.75 Å². The smallest absolute Gasteiger partial charge is 0.320 e. The number of carbonyl (C=O) groups is 1. The summed E-state index contributed by atoms with van der Waals surface area (Å²) in [6.45, 7) is -2.88. The summed E-state index contributed by atoms with van der Waals surface area (Å²) in [7, 11) is 0. The number of hydrogen-bond acceptors (Lipinski definition) is 11. The molecule has 0 saturated carbocycles. The minimum Gasteiger partial charge on any atom is -0.480 e. The number of nitrogens with one attached hydrogen (secondary N) is 1. The molecule has 0 radical (unpaired) electrons. The van der Waals surface area contributed by atoms with Gasteiger partial charge in [-0.15, -0.1) is 0 Å². The van der Waals surface area contributed by atoms with Crippen LogP contribution >= 0.6 is 6.64 Å². The minimum atomic E-state index is -3.59. The SMILES string of the molecule is CC(NP(=S)(OC[C@@]1(C#N)O[C@@H](c2ccc3c(N)ncnn23)[C@H](O)[C@@H]1O)Oc1ccccc1)C(=O)O. The first kappa shape index (κ1) is 25.9. The van der Waals surface area contributed by atoms with Gasteiger partial charge in [-0.25, -0.2) is 14.6 Å². The van der Waals surface area contributed by atoms with E-state index in [-0.39, 0.29) is 5.82 Å².